The molecule has 1 aromatic rings. The largest absolute Gasteiger partial charge is 0.395 e. The van der Waals surface area contributed by atoms with Gasteiger partial charge in [-0.25, -0.2) is 0 Å². The van der Waals surface area contributed by atoms with Crippen molar-refractivity contribution >= 4 is 23.0 Å². The number of nitro groups is 1. The fourth-order valence-corrected chi connectivity index (χ4v) is 1.55. The third-order valence-electron chi connectivity index (χ3n) is 2.53. The molecule has 1 aliphatic heterocycles. The molecule has 7 nitrogen and oxygen atoms in total. The summed E-state index contributed by atoms with van der Waals surface area (Å²) < 4.78 is 0. The van der Waals surface area contributed by atoms with Gasteiger partial charge in [-0.05, 0) is 13.0 Å². The number of benzene rings is 1. The van der Waals surface area contributed by atoms with Gasteiger partial charge in [0.15, 0.2) is 0 Å². The highest BCUT2D eigenvalue weighted by molar-refractivity contribution is 6.43. The molecule has 0 unspecified atom stereocenters. The lowest BCUT2D eigenvalue weighted by Crippen LogP contribution is -2.21. The Morgan fingerprint density at radius 3 is 2.94 bits per heavy atom. The van der Waals surface area contributed by atoms with Gasteiger partial charge in [0.25, 0.3) is 11.6 Å². The molecule has 0 aliphatic carbocycles. The van der Waals surface area contributed by atoms with Gasteiger partial charge in [0.2, 0.25) is 0 Å². The Balaban J connectivity index is 2.17. The van der Waals surface area contributed by atoms with E-state index in [-0.39, 0.29) is 5.69 Å². The van der Waals surface area contributed by atoms with Crippen LogP contribution in [0.25, 0.3) is 0 Å². The minimum absolute atomic E-state index is 0.0302. The van der Waals surface area contributed by atoms with E-state index in [9.17, 15) is 14.9 Å². The van der Waals surface area contributed by atoms with Crippen LogP contribution >= 0.6 is 0 Å². The van der Waals surface area contributed by atoms with Crippen molar-refractivity contribution < 1.29 is 14.6 Å². The van der Waals surface area contributed by atoms with Crippen molar-refractivity contribution in [3.8, 4) is 0 Å². The molecule has 1 aromatic carbocycles. The first-order chi connectivity index (χ1) is 8.58. The fourth-order valence-electron chi connectivity index (χ4n) is 1.55. The summed E-state index contributed by atoms with van der Waals surface area (Å²) in [5, 5.41) is 16.9. The number of carbonyl (C=O) groups is 1. The Hall–Kier alpha value is -2.44. The monoisotopic (exact) mass is 249 g/mol. The molecule has 94 valence electrons. The maximum absolute atomic E-state index is 11.7. The van der Waals surface area contributed by atoms with Gasteiger partial charge in [-0.15, -0.1) is 0 Å². The van der Waals surface area contributed by atoms with E-state index in [4.69, 9.17) is 4.84 Å². The molecule has 0 radical (unpaired) electrons. The van der Waals surface area contributed by atoms with Crippen molar-refractivity contribution in [1.29, 1.82) is 0 Å². The molecule has 2 rings (SSSR count). The van der Waals surface area contributed by atoms with Crippen LogP contribution in [0, 0.1) is 17.0 Å². The minimum Gasteiger partial charge on any atom is -0.395 e. The van der Waals surface area contributed by atoms with Crippen LogP contribution in [0.2, 0.25) is 0 Å². The molecular weight excluding hydrogens is 238 g/mol. The summed E-state index contributed by atoms with van der Waals surface area (Å²) in [7, 11) is 0. The summed E-state index contributed by atoms with van der Waals surface area (Å²) >= 11 is 0. The maximum atomic E-state index is 11.7. The van der Waals surface area contributed by atoms with Gasteiger partial charge in [-0.3, -0.25) is 14.9 Å². The maximum Gasteiger partial charge on any atom is 0.274 e. The normalized spacial score (nSPS) is 13.7. The molecule has 0 aromatic heterocycles. The van der Waals surface area contributed by atoms with Gasteiger partial charge in [0, 0.05) is 23.7 Å². The summed E-state index contributed by atoms with van der Waals surface area (Å²) in [6.07, 6.45) is 0.444. The zero-order valence-corrected chi connectivity index (χ0v) is 9.67. The summed E-state index contributed by atoms with van der Waals surface area (Å²) in [6.45, 7) is 2.02. The van der Waals surface area contributed by atoms with Crippen molar-refractivity contribution in [2.75, 3.05) is 11.9 Å². The van der Waals surface area contributed by atoms with E-state index in [0.717, 1.165) is 0 Å². The molecule has 1 N–H and O–H groups in total. The standard InChI is InChI=1S/C11H11N3O4/c1-7-2-3-8(6-10(7)14(16)17)12-11(15)9-4-5-18-13-9/h2-3,6H,4-5H2,1H3,(H,12,15). The molecule has 0 saturated heterocycles. The SMILES string of the molecule is Cc1ccc(NC(=O)C2=NOCC2)cc1[N+](=O)[O-]. The number of anilines is 1. The lowest BCUT2D eigenvalue weighted by molar-refractivity contribution is -0.385. The number of carbonyl (C=O) groups excluding carboxylic acids is 1. The van der Waals surface area contributed by atoms with Crippen molar-refractivity contribution in [3.63, 3.8) is 0 Å². The molecule has 0 saturated carbocycles. The second kappa shape index (κ2) is 4.82. The van der Waals surface area contributed by atoms with E-state index >= 15 is 0 Å². The number of nitro benzene ring substituents is 1. The van der Waals surface area contributed by atoms with E-state index in [0.29, 0.717) is 30.0 Å². The van der Waals surface area contributed by atoms with E-state index in [1.807, 2.05) is 0 Å². The van der Waals surface area contributed by atoms with Gasteiger partial charge in [0.05, 0.1) is 4.92 Å². The summed E-state index contributed by atoms with van der Waals surface area (Å²) in [4.78, 5) is 26.7. The predicted octanol–water partition coefficient (Wildman–Crippen LogP) is 1.62. The van der Waals surface area contributed by atoms with E-state index in [1.54, 1.807) is 19.1 Å². The lowest BCUT2D eigenvalue weighted by atomic mass is 10.2. The Labute approximate surface area is 103 Å². The zero-order valence-electron chi connectivity index (χ0n) is 9.67. The van der Waals surface area contributed by atoms with Crippen LogP contribution in [0.4, 0.5) is 11.4 Å². The average molecular weight is 249 g/mol. The molecule has 0 bridgehead atoms. The lowest BCUT2D eigenvalue weighted by Gasteiger charge is -2.04. The number of nitrogens with one attached hydrogen (secondary N) is 1. The Morgan fingerprint density at radius 2 is 2.33 bits per heavy atom. The first-order valence-electron chi connectivity index (χ1n) is 5.33. The van der Waals surface area contributed by atoms with Crippen LogP contribution in [0.1, 0.15) is 12.0 Å². The van der Waals surface area contributed by atoms with E-state index in [1.165, 1.54) is 6.07 Å². The molecule has 0 atom stereocenters. The number of nitrogens with zero attached hydrogens (tertiary/aromatic N) is 2. The van der Waals surface area contributed by atoms with Crippen LogP contribution in [0.15, 0.2) is 23.4 Å². The van der Waals surface area contributed by atoms with Crippen LogP contribution < -0.4 is 5.32 Å². The number of hydrogen-bond donors (Lipinski definition) is 1. The Bertz CT molecular complexity index is 539. The summed E-state index contributed by atoms with van der Waals surface area (Å²) in [5.74, 6) is -0.398. The molecular formula is C11H11N3O4. The first-order valence-corrected chi connectivity index (χ1v) is 5.33. The highest BCUT2D eigenvalue weighted by Crippen LogP contribution is 2.22. The van der Waals surface area contributed by atoms with Crippen molar-refractivity contribution in [2.45, 2.75) is 13.3 Å². The van der Waals surface area contributed by atoms with Crippen molar-refractivity contribution in [1.82, 2.24) is 0 Å². The van der Waals surface area contributed by atoms with Crippen LogP contribution in [0.5, 0.6) is 0 Å². The molecule has 7 heteroatoms. The number of aryl methyl sites for hydroxylation is 1. The summed E-state index contributed by atoms with van der Waals surface area (Å²) in [6, 6.07) is 4.51. The minimum atomic E-state index is -0.485. The third-order valence-corrected chi connectivity index (χ3v) is 2.53. The van der Waals surface area contributed by atoms with Crippen LogP contribution in [-0.2, 0) is 9.63 Å². The Morgan fingerprint density at radius 1 is 1.56 bits per heavy atom. The van der Waals surface area contributed by atoms with Gasteiger partial charge < -0.3 is 10.2 Å². The number of hydrogen-bond acceptors (Lipinski definition) is 5. The van der Waals surface area contributed by atoms with E-state index < -0.39 is 10.8 Å². The van der Waals surface area contributed by atoms with Crippen LogP contribution in [0.3, 0.4) is 0 Å². The fraction of sp³-hybridized carbons (Fsp3) is 0.273. The van der Waals surface area contributed by atoms with Gasteiger partial charge in [-0.2, -0.15) is 0 Å². The zero-order chi connectivity index (χ0) is 13.1. The highest BCUT2D eigenvalue weighted by atomic mass is 16.6. The second-order valence-electron chi connectivity index (χ2n) is 3.83. The van der Waals surface area contributed by atoms with Crippen molar-refractivity contribution in [2.24, 2.45) is 5.16 Å². The average Bonchev–Trinajstić information content (AvgIpc) is 2.85. The molecule has 0 fully saturated rings. The quantitative estimate of drug-likeness (QED) is 0.650. The Kier molecular flexibility index (Phi) is 3.22. The predicted molar refractivity (Wildman–Crippen MR) is 64.5 cm³/mol. The number of rotatable bonds is 3. The van der Waals surface area contributed by atoms with Crippen molar-refractivity contribution in [3.05, 3.63) is 33.9 Å². The van der Waals surface area contributed by atoms with Crippen LogP contribution in [-0.4, -0.2) is 23.1 Å². The molecule has 1 heterocycles. The highest BCUT2D eigenvalue weighted by Gasteiger charge is 2.18. The number of amides is 1. The topological polar surface area (TPSA) is 93.8 Å². The third kappa shape index (κ3) is 2.45. The molecule has 18 heavy (non-hydrogen) atoms. The smallest absolute Gasteiger partial charge is 0.274 e. The van der Waals surface area contributed by atoms with E-state index in [2.05, 4.69) is 10.5 Å². The van der Waals surface area contributed by atoms with Gasteiger partial charge in [-0.1, -0.05) is 11.2 Å². The number of oxime groups is 1. The molecule has 1 amide bonds. The van der Waals surface area contributed by atoms with Gasteiger partial charge in [0.1, 0.15) is 12.3 Å². The first kappa shape index (κ1) is 12.0. The molecule has 1 aliphatic rings. The summed E-state index contributed by atoms with van der Waals surface area (Å²) in [5.41, 5.74) is 1.17. The second-order valence-corrected chi connectivity index (χ2v) is 3.83. The molecule has 0 spiro atoms. The van der Waals surface area contributed by atoms with Gasteiger partial charge >= 0.3 is 0 Å².